The molecule has 2 heterocycles. The minimum absolute atomic E-state index is 0.0281. The lowest BCUT2D eigenvalue weighted by molar-refractivity contribution is -0.141. The molecule has 5 heteroatoms. The molecule has 5 rings (SSSR count). The van der Waals surface area contributed by atoms with Gasteiger partial charge in [-0.3, -0.25) is 4.79 Å². The fraction of sp³-hybridized carbons (Fsp3) is 0.345. The first-order chi connectivity index (χ1) is 16.4. The standard InChI is InChI=1S/C29H30O5/c1-17-10-27-25(11-18(2)34-27)19(3)29(17)21-7-5-6-20(12-21)15-32-23-8-9-24-22(13-28(30)31-4)16-33-26(24)14-23/h5-10,12,14,18,22H,11,13,15-16H2,1-4H3/t18-,22+/m0/s1. The first-order valence-electron chi connectivity index (χ1n) is 11.8. The van der Waals surface area contributed by atoms with Gasteiger partial charge >= 0.3 is 5.97 Å². The van der Waals surface area contributed by atoms with E-state index < -0.39 is 0 Å². The molecule has 0 unspecified atom stereocenters. The average Bonchev–Trinajstić information content (AvgIpc) is 3.40. The van der Waals surface area contributed by atoms with Crippen LogP contribution in [0.5, 0.6) is 17.2 Å². The van der Waals surface area contributed by atoms with Crippen molar-refractivity contribution < 1.29 is 23.7 Å². The summed E-state index contributed by atoms with van der Waals surface area (Å²) in [5, 5.41) is 0. The summed E-state index contributed by atoms with van der Waals surface area (Å²) in [6, 6.07) is 16.5. The topological polar surface area (TPSA) is 54.0 Å². The maximum atomic E-state index is 11.6. The summed E-state index contributed by atoms with van der Waals surface area (Å²) in [5.41, 5.74) is 8.45. The number of esters is 1. The fourth-order valence-corrected chi connectivity index (χ4v) is 5.12. The summed E-state index contributed by atoms with van der Waals surface area (Å²) in [5.74, 6) is 2.36. The number of carbonyl (C=O) groups is 1. The Morgan fingerprint density at radius 1 is 1.09 bits per heavy atom. The van der Waals surface area contributed by atoms with Crippen LogP contribution in [-0.2, 0) is 22.6 Å². The zero-order valence-corrected chi connectivity index (χ0v) is 20.1. The largest absolute Gasteiger partial charge is 0.492 e. The molecule has 2 aliphatic heterocycles. The van der Waals surface area contributed by atoms with Crippen molar-refractivity contribution in [3.63, 3.8) is 0 Å². The zero-order chi connectivity index (χ0) is 23.8. The number of ether oxygens (including phenoxy) is 4. The molecule has 0 N–H and O–H groups in total. The Balaban J connectivity index is 1.32. The quantitative estimate of drug-likeness (QED) is 0.430. The molecule has 0 aliphatic carbocycles. The first kappa shape index (κ1) is 22.3. The molecule has 0 saturated heterocycles. The van der Waals surface area contributed by atoms with Crippen molar-refractivity contribution in [2.24, 2.45) is 0 Å². The van der Waals surface area contributed by atoms with E-state index in [9.17, 15) is 4.79 Å². The number of aryl methyl sites for hydroxylation is 1. The van der Waals surface area contributed by atoms with Crippen LogP contribution in [-0.4, -0.2) is 25.8 Å². The first-order valence-corrected chi connectivity index (χ1v) is 11.8. The molecule has 2 atom stereocenters. The Bertz CT molecular complexity index is 1250. The molecule has 0 amide bonds. The lowest BCUT2D eigenvalue weighted by Gasteiger charge is -2.15. The summed E-state index contributed by atoms with van der Waals surface area (Å²) >= 11 is 0. The van der Waals surface area contributed by atoms with Gasteiger partial charge in [-0.15, -0.1) is 0 Å². The van der Waals surface area contributed by atoms with Gasteiger partial charge in [0, 0.05) is 29.5 Å². The van der Waals surface area contributed by atoms with Gasteiger partial charge in [0.05, 0.1) is 20.1 Å². The highest BCUT2D eigenvalue weighted by molar-refractivity contribution is 5.75. The minimum atomic E-state index is -0.224. The van der Waals surface area contributed by atoms with Crippen molar-refractivity contribution in [1.82, 2.24) is 0 Å². The Hall–Kier alpha value is -3.47. The molecule has 34 heavy (non-hydrogen) atoms. The number of carbonyl (C=O) groups excluding carboxylic acids is 1. The van der Waals surface area contributed by atoms with E-state index in [1.165, 1.54) is 34.9 Å². The van der Waals surface area contributed by atoms with Gasteiger partial charge in [-0.1, -0.05) is 24.3 Å². The smallest absolute Gasteiger partial charge is 0.306 e. The highest BCUT2D eigenvalue weighted by Crippen LogP contribution is 2.40. The lowest BCUT2D eigenvalue weighted by Crippen LogP contribution is -2.09. The Kier molecular flexibility index (Phi) is 5.94. The number of hydrogen-bond donors (Lipinski definition) is 0. The number of fused-ring (bicyclic) bond motifs is 2. The molecule has 0 radical (unpaired) electrons. The number of methoxy groups -OCH3 is 1. The van der Waals surface area contributed by atoms with Gasteiger partial charge in [-0.05, 0) is 66.8 Å². The van der Waals surface area contributed by atoms with Crippen molar-refractivity contribution >= 4 is 5.97 Å². The average molecular weight is 459 g/mol. The van der Waals surface area contributed by atoms with Crippen LogP contribution >= 0.6 is 0 Å². The Morgan fingerprint density at radius 2 is 1.94 bits per heavy atom. The maximum absolute atomic E-state index is 11.6. The highest BCUT2D eigenvalue weighted by Gasteiger charge is 2.27. The van der Waals surface area contributed by atoms with Crippen LogP contribution in [0.15, 0.2) is 48.5 Å². The monoisotopic (exact) mass is 458 g/mol. The Morgan fingerprint density at radius 3 is 2.76 bits per heavy atom. The third-order valence-corrected chi connectivity index (χ3v) is 6.81. The van der Waals surface area contributed by atoms with E-state index in [1.807, 2.05) is 18.2 Å². The van der Waals surface area contributed by atoms with E-state index in [0.29, 0.717) is 19.6 Å². The molecule has 0 bridgehead atoms. The highest BCUT2D eigenvalue weighted by atomic mass is 16.5. The van der Waals surface area contributed by atoms with Gasteiger partial charge in [0.1, 0.15) is 30.0 Å². The van der Waals surface area contributed by atoms with Crippen molar-refractivity contribution in [2.45, 2.75) is 52.2 Å². The van der Waals surface area contributed by atoms with E-state index in [-0.39, 0.29) is 18.0 Å². The van der Waals surface area contributed by atoms with Crippen molar-refractivity contribution in [3.8, 4) is 28.4 Å². The molecule has 0 spiro atoms. The third kappa shape index (κ3) is 4.23. The predicted octanol–water partition coefficient (Wildman–Crippen LogP) is 5.91. The van der Waals surface area contributed by atoms with Crippen LogP contribution in [0.4, 0.5) is 0 Å². The van der Waals surface area contributed by atoms with Crippen molar-refractivity contribution in [1.29, 1.82) is 0 Å². The Labute approximate surface area is 200 Å². The maximum Gasteiger partial charge on any atom is 0.306 e. The van der Waals surface area contributed by atoms with E-state index in [4.69, 9.17) is 18.9 Å². The van der Waals surface area contributed by atoms with E-state index in [1.54, 1.807) is 0 Å². The number of rotatable bonds is 6. The number of hydrogen-bond acceptors (Lipinski definition) is 5. The molecule has 0 aromatic heterocycles. The summed E-state index contributed by atoms with van der Waals surface area (Å²) in [6.45, 7) is 7.41. The molecular weight excluding hydrogens is 428 g/mol. The minimum Gasteiger partial charge on any atom is -0.492 e. The molecule has 0 saturated carbocycles. The van der Waals surface area contributed by atoms with Crippen LogP contribution in [0.25, 0.3) is 11.1 Å². The SMILES string of the molecule is COC(=O)C[C@@H]1COc2cc(OCc3cccc(-c4c(C)cc5c(c4C)C[C@H](C)O5)c3)ccc21. The van der Waals surface area contributed by atoms with Gasteiger partial charge in [-0.25, -0.2) is 0 Å². The lowest BCUT2D eigenvalue weighted by atomic mass is 9.90. The second-order valence-corrected chi connectivity index (χ2v) is 9.28. The molecule has 2 aliphatic rings. The van der Waals surface area contributed by atoms with Crippen molar-refractivity contribution in [2.75, 3.05) is 13.7 Å². The number of benzene rings is 3. The molecule has 3 aromatic rings. The van der Waals surface area contributed by atoms with Crippen LogP contribution in [0.3, 0.4) is 0 Å². The second kappa shape index (κ2) is 9.05. The van der Waals surface area contributed by atoms with Crippen LogP contribution in [0, 0.1) is 13.8 Å². The fourth-order valence-electron chi connectivity index (χ4n) is 5.12. The molecule has 0 fully saturated rings. The van der Waals surface area contributed by atoms with Gasteiger partial charge in [-0.2, -0.15) is 0 Å². The second-order valence-electron chi connectivity index (χ2n) is 9.28. The molecular formula is C29H30O5. The summed E-state index contributed by atoms with van der Waals surface area (Å²) in [4.78, 5) is 11.6. The third-order valence-electron chi connectivity index (χ3n) is 6.81. The van der Waals surface area contributed by atoms with Crippen molar-refractivity contribution in [3.05, 3.63) is 76.3 Å². The van der Waals surface area contributed by atoms with E-state index in [2.05, 4.69) is 51.1 Å². The van der Waals surface area contributed by atoms with E-state index in [0.717, 1.165) is 34.8 Å². The molecule has 3 aromatic carbocycles. The van der Waals surface area contributed by atoms with Crippen LogP contribution in [0.2, 0.25) is 0 Å². The van der Waals surface area contributed by atoms with Crippen LogP contribution in [0.1, 0.15) is 47.1 Å². The van der Waals surface area contributed by atoms with Gasteiger partial charge in [0.2, 0.25) is 0 Å². The van der Waals surface area contributed by atoms with E-state index >= 15 is 0 Å². The van der Waals surface area contributed by atoms with Crippen LogP contribution < -0.4 is 14.2 Å². The molecule has 176 valence electrons. The summed E-state index contributed by atoms with van der Waals surface area (Å²) < 4.78 is 22.7. The molecule has 5 nitrogen and oxygen atoms in total. The summed E-state index contributed by atoms with van der Waals surface area (Å²) in [6.07, 6.45) is 1.51. The zero-order valence-electron chi connectivity index (χ0n) is 20.1. The normalized spacial score (nSPS) is 18.0. The van der Waals surface area contributed by atoms with Gasteiger partial charge in [0.15, 0.2) is 0 Å². The summed E-state index contributed by atoms with van der Waals surface area (Å²) in [7, 11) is 1.41. The van der Waals surface area contributed by atoms with Gasteiger partial charge < -0.3 is 18.9 Å². The van der Waals surface area contributed by atoms with Gasteiger partial charge in [0.25, 0.3) is 0 Å². The predicted molar refractivity (Wildman–Crippen MR) is 131 cm³/mol.